The van der Waals surface area contributed by atoms with Crippen molar-refractivity contribution < 1.29 is 1.43 Å². The van der Waals surface area contributed by atoms with Crippen molar-refractivity contribution in [3.8, 4) is 0 Å². The van der Waals surface area contributed by atoms with Gasteiger partial charge < -0.3 is 0 Å². The molecule has 0 aliphatic carbocycles. The van der Waals surface area contributed by atoms with Crippen molar-refractivity contribution in [2.45, 2.75) is 20.8 Å². The van der Waals surface area contributed by atoms with Gasteiger partial charge in [0.05, 0.1) is 0 Å². The molecule has 0 aromatic heterocycles. The molecule has 0 spiro atoms. The number of hydrogen-bond acceptors (Lipinski definition) is 0. The fourth-order valence-electron chi connectivity index (χ4n) is 0. The summed E-state index contributed by atoms with van der Waals surface area (Å²) in [5.41, 5.74) is 0. The average molecular weight is 60.1 g/mol. The molecule has 0 N–H and O–H groups in total. The lowest BCUT2D eigenvalue weighted by Crippen LogP contribution is -1.66. The van der Waals surface area contributed by atoms with Crippen molar-refractivity contribution in [3.63, 3.8) is 0 Å². The maximum Gasteiger partial charge on any atom is 0 e. The SMILES string of the molecule is CC(C)C.[HH]. The Labute approximate surface area is 29.3 Å². The van der Waals surface area contributed by atoms with E-state index >= 15 is 0 Å². The van der Waals surface area contributed by atoms with E-state index in [4.69, 9.17) is 0 Å². The van der Waals surface area contributed by atoms with Gasteiger partial charge in [-0.1, -0.05) is 20.8 Å². The second-order valence-corrected chi connectivity index (χ2v) is 1.73. The highest BCUT2D eigenvalue weighted by atomic mass is 13.7. The molecule has 28 valence electrons. The van der Waals surface area contributed by atoms with Gasteiger partial charge in [-0.05, 0) is 5.92 Å². The Hall–Kier alpha value is 0. The topological polar surface area (TPSA) is 0 Å². The molecule has 0 aliphatic heterocycles. The van der Waals surface area contributed by atoms with Gasteiger partial charge in [0.25, 0.3) is 0 Å². The zero-order valence-corrected chi connectivity index (χ0v) is 3.58. The standard InChI is InChI=1S/C4H10.H2/c1-4(2)3;/h4H,1-3H3;1H. The van der Waals surface area contributed by atoms with Crippen molar-refractivity contribution in [2.24, 2.45) is 5.92 Å². The summed E-state index contributed by atoms with van der Waals surface area (Å²) in [7, 11) is 0. The maximum absolute atomic E-state index is 2.17. The largest absolute Gasteiger partial charge is 0.0630 e. The van der Waals surface area contributed by atoms with Gasteiger partial charge in [0.2, 0.25) is 0 Å². The lowest BCUT2D eigenvalue weighted by atomic mass is 10.3. The van der Waals surface area contributed by atoms with E-state index in [0.717, 1.165) is 5.92 Å². The fourth-order valence-corrected chi connectivity index (χ4v) is 0. The monoisotopic (exact) mass is 60.1 g/mol. The third-order valence-electron chi connectivity index (χ3n) is 0. The zero-order valence-electron chi connectivity index (χ0n) is 3.58. The summed E-state index contributed by atoms with van der Waals surface area (Å²) in [5, 5.41) is 0. The Kier molecular flexibility index (Phi) is 1.33. The van der Waals surface area contributed by atoms with Crippen molar-refractivity contribution in [2.75, 3.05) is 0 Å². The third kappa shape index (κ3) is 0. The zero-order chi connectivity index (χ0) is 3.58. The summed E-state index contributed by atoms with van der Waals surface area (Å²) in [6, 6.07) is 0. The van der Waals surface area contributed by atoms with E-state index in [1.54, 1.807) is 0 Å². The first-order valence-electron chi connectivity index (χ1n) is 1.73. The highest BCUT2D eigenvalue weighted by Gasteiger charge is 1.68. The molecule has 0 amide bonds. The Morgan fingerprint density at radius 1 is 1.25 bits per heavy atom. The third-order valence-corrected chi connectivity index (χ3v) is 0. The molecule has 0 unspecified atom stereocenters. The average Bonchev–Trinajstić information content (AvgIpc) is 0.811. The molecule has 0 heteroatoms. The van der Waals surface area contributed by atoms with Crippen LogP contribution in [0.1, 0.15) is 22.2 Å². The van der Waals surface area contributed by atoms with Crippen LogP contribution >= 0.6 is 0 Å². The van der Waals surface area contributed by atoms with Gasteiger partial charge in [-0.3, -0.25) is 0 Å². The van der Waals surface area contributed by atoms with Gasteiger partial charge in [0.1, 0.15) is 0 Å². The van der Waals surface area contributed by atoms with Gasteiger partial charge in [0, 0.05) is 1.43 Å². The van der Waals surface area contributed by atoms with Crippen LogP contribution in [0.15, 0.2) is 0 Å². The van der Waals surface area contributed by atoms with Gasteiger partial charge in [0.15, 0.2) is 0 Å². The van der Waals surface area contributed by atoms with E-state index < -0.39 is 0 Å². The molecular formula is C4H12. The Morgan fingerprint density at radius 3 is 1.25 bits per heavy atom. The molecule has 0 aliphatic rings. The van der Waals surface area contributed by atoms with Crippen LogP contribution in [-0.4, -0.2) is 0 Å². The van der Waals surface area contributed by atoms with Crippen LogP contribution in [0.4, 0.5) is 0 Å². The summed E-state index contributed by atoms with van der Waals surface area (Å²) in [6.45, 7) is 6.50. The Balaban J connectivity index is 0. The lowest BCUT2D eigenvalue weighted by Gasteiger charge is -1.79. The molecule has 0 saturated heterocycles. The first-order valence-corrected chi connectivity index (χ1v) is 1.73. The van der Waals surface area contributed by atoms with Crippen LogP contribution < -0.4 is 0 Å². The molecule has 0 atom stereocenters. The molecule has 0 saturated carbocycles. The lowest BCUT2D eigenvalue weighted by molar-refractivity contribution is 0.737. The summed E-state index contributed by atoms with van der Waals surface area (Å²) in [6.07, 6.45) is 0. The van der Waals surface area contributed by atoms with Crippen LogP contribution in [-0.2, 0) is 0 Å². The molecule has 0 nitrogen and oxygen atoms in total. The van der Waals surface area contributed by atoms with Crippen molar-refractivity contribution in [1.82, 2.24) is 0 Å². The van der Waals surface area contributed by atoms with E-state index in [2.05, 4.69) is 20.8 Å². The van der Waals surface area contributed by atoms with Crippen LogP contribution in [0.5, 0.6) is 0 Å². The summed E-state index contributed by atoms with van der Waals surface area (Å²) in [5.74, 6) is 0.833. The van der Waals surface area contributed by atoms with Crippen molar-refractivity contribution >= 4 is 0 Å². The molecule has 0 rings (SSSR count). The van der Waals surface area contributed by atoms with E-state index in [9.17, 15) is 0 Å². The predicted molar refractivity (Wildman–Crippen MR) is 22.6 cm³/mol. The number of rotatable bonds is 0. The summed E-state index contributed by atoms with van der Waals surface area (Å²) in [4.78, 5) is 0. The van der Waals surface area contributed by atoms with Gasteiger partial charge in [-0.2, -0.15) is 0 Å². The minimum absolute atomic E-state index is 0. The minimum Gasteiger partial charge on any atom is -0.0630 e. The second-order valence-electron chi connectivity index (χ2n) is 1.73. The van der Waals surface area contributed by atoms with Crippen LogP contribution in [0.3, 0.4) is 0 Å². The van der Waals surface area contributed by atoms with Gasteiger partial charge >= 0.3 is 0 Å². The number of hydrogen-bond donors (Lipinski definition) is 0. The normalized spacial score (nSPS) is 9.00. The molecule has 0 aromatic rings. The van der Waals surface area contributed by atoms with Gasteiger partial charge in [-0.15, -0.1) is 0 Å². The molecule has 0 fully saturated rings. The highest BCUT2D eigenvalue weighted by molar-refractivity contribution is 4.20. The summed E-state index contributed by atoms with van der Waals surface area (Å²) >= 11 is 0. The van der Waals surface area contributed by atoms with Crippen LogP contribution in [0, 0.1) is 5.92 Å². The van der Waals surface area contributed by atoms with Crippen LogP contribution in [0.2, 0.25) is 0 Å². The molecule has 0 bridgehead atoms. The molecule has 0 heterocycles. The quantitative estimate of drug-likeness (QED) is 0.400. The van der Waals surface area contributed by atoms with E-state index in [-0.39, 0.29) is 1.43 Å². The van der Waals surface area contributed by atoms with E-state index in [0.29, 0.717) is 0 Å². The molecule has 4 heavy (non-hydrogen) atoms. The smallest absolute Gasteiger partial charge is 0 e. The first kappa shape index (κ1) is 4.00. The molecule has 0 aromatic carbocycles. The van der Waals surface area contributed by atoms with Crippen molar-refractivity contribution in [3.05, 3.63) is 0 Å². The first-order chi connectivity index (χ1) is 1.73. The maximum atomic E-state index is 2.17. The van der Waals surface area contributed by atoms with Crippen LogP contribution in [0.25, 0.3) is 0 Å². The minimum atomic E-state index is 0. The molecular weight excluding hydrogens is 48.0 g/mol. The highest BCUT2D eigenvalue weighted by Crippen LogP contribution is 1.81. The van der Waals surface area contributed by atoms with E-state index in [1.807, 2.05) is 0 Å². The molecule has 0 radical (unpaired) electrons. The summed E-state index contributed by atoms with van der Waals surface area (Å²) < 4.78 is 0. The Morgan fingerprint density at radius 2 is 1.25 bits per heavy atom. The Bertz CT molecular complexity index is 8.36. The predicted octanol–water partition coefficient (Wildman–Crippen LogP) is 1.91. The second kappa shape index (κ2) is 1.33. The fraction of sp³-hybridized carbons (Fsp3) is 1.00. The van der Waals surface area contributed by atoms with Gasteiger partial charge in [-0.25, -0.2) is 0 Å². The van der Waals surface area contributed by atoms with Crippen molar-refractivity contribution in [1.29, 1.82) is 0 Å². The van der Waals surface area contributed by atoms with E-state index in [1.165, 1.54) is 0 Å².